The van der Waals surface area contributed by atoms with Gasteiger partial charge in [0.2, 0.25) is 5.91 Å². The molecule has 0 fully saturated rings. The molecule has 0 saturated heterocycles. The molecule has 0 aliphatic carbocycles. The first kappa shape index (κ1) is 22.6. The predicted octanol–water partition coefficient (Wildman–Crippen LogP) is 3.44. The Morgan fingerprint density at radius 2 is 1.71 bits per heavy atom. The third-order valence-electron chi connectivity index (χ3n) is 3.76. The van der Waals surface area contributed by atoms with Gasteiger partial charge in [-0.25, -0.2) is 4.79 Å². The Labute approximate surface area is 191 Å². The van der Waals surface area contributed by atoms with E-state index >= 15 is 0 Å². The highest BCUT2D eigenvalue weighted by atomic mass is 127. The zero-order chi connectivity index (χ0) is 20.5. The van der Waals surface area contributed by atoms with Crippen molar-refractivity contribution in [2.45, 2.75) is 26.0 Å². The Kier molecular flexibility index (Phi) is 9.16. The van der Waals surface area contributed by atoms with Crippen molar-refractivity contribution < 1.29 is 19.1 Å². The van der Waals surface area contributed by atoms with Crippen LogP contribution in [-0.2, 0) is 27.4 Å². The summed E-state index contributed by atoms with van der Waals surface area (Å²) in [5.74, 6) is -0.594. The van der Waals surface area contributed by atoms with Gasteiger partial charge in [-0.05, 0) is 75.4 Å². The number of amides is 2. The monoisotopic (exact) mass is 606 g/mol. The lowest BCUT2D eigenvalue weighted by Crippen LogP contribution is -2.49. The summed E-state index contributed by atoms with van der Waals surface area (Å²) in [6.07, 6.45) is -0.399. The fourth-order valence-corrected chi connectivity index (χ4v) is 3.27. The molecule has 1 atom stereocenters. The third-order valence-corrected chi connectivity index (χ3v) is 6.62. The average Bonchev–Trinajstić information content (AvgIpc) is 2.67. The summed E-state index contributed by atoms with van der Waals surface area (Å²) in [7, 11) is 0. The number of halogens is 2. The van der Waals surface area contributed by atoms with Gasteiger partial charge >= 0.3 is 6.09 Å². The van der Waals surface area contributed by atoms with Gasteiger partial charge in [-0.3, -0.25) is 9.59 Å². The van der Waals surface area contributed by atoms with Gasteiger partial charge in [0.1, 0.15) is 18.4 Å². The Balaban J connectivity index is 2.03. The van der Waals surface area contributed by atoms with E-state index in [1.165, 1.54) is 6.92 Å². The van der Waals surface area contributed by atoms with Gasteiger partial charge in [0, 0.05) is 13.6 Å². The zero-order valence-corrected chi connectivity index (χ0v) is 19.5. The minimum absolute atomic E-state index is 0.0830. The van der Waals surface area contributed by atoms with Gasteiger partial charge in [-0.15, -0.1) is 0 Å². The largest absolute Gasteiger partial charge is 0.445 e. The van der Waals surface area contributed by atoms with Crippen LogP contribution in [0.25, 0.3) is 0 Å². The molecule has 2 amide bonds. The van der Waals surface area contributed by atoms with E-state index in [2.05, 4.69) is 55.8 Å². The van der Waals surface area contributed by atoms with E-state index in [1.54, 1.807) is 0 Å². The number of carbonyl (C=O) groups excluding carboxylic acids is 3. The van der Waals surface area contributed by atoms with Crippen LogP contribution in [0.15, 0.2) is 48.5 Å². The van der Waals surface area contributed by atoms with Crippen molar-refractivity contribution in [1.82, 2.24) is 10.6 Å². The number of hydrogen-bond acceptors (Lipinski definition) is 4. The van der Waals surface area contributed by atoms with E-state index in [0.29, 0.717) is 0 Å². The van der Waals surface area contributed by atoms with Crippen LogP contribution in [0.3, 0.4) is 0 Å². The fourth-order valence-electron chi connectivity index (χ4n) is 2.35. The van der Waals surface area contributed by atoms with E-state index in [9.17, 15) is 14.4 Å². The van der Waals surface area contributed by atoms with E-state index in [4.69, 9.17) is 4.74 Å². The van der Waals surface area contributed by atoms with E-state index < -0.39 is 18.0 Å². The lowest BCUT2D eigenvalue weighted by atomic mass is 10.1. The summed E-state index contributed by atoms with van der Waals surface area (Å²) >= 11 is 4.45. The molecule has 2 aromatic rings. The second kappa shape index (κ2) is 11.3. The summed E-state index contributed by atoms with van der Waals surface area (Å²) in [5.41, 5.74) is 1.75. The summed E-state index contributed by atoms with van der Waals surface area (Å²) in [4.78, 5) is 35.8. The first-order valence-corrected chi connectivity index (χ1v) is 10.7. The molecule has 0 bridgehead atoms. The molecular formula is C20H20I2N2O4. The maximum atomic E-state index is 12.5. The second-order valence-electron chi connectivity index (χ2n) is 6.13. The summed E-state index contributed by atoms with van der Waals surface area (Å²) < 4.78 is 7.38. The molecule has 8 heteroatoms. The number of ketones is 1. The summed E-state index contributed by atoms with van der Waals surface area (Å²) in [5, 5.41) is 5.15. The molecule has 2 aromatic carbocycles. The SMILES string of the molecule is CC(=O)CNC(=O)[C@H](Cc1ccc(I)c(I)c1)NC(=O)OCc1ccccc1. The highest BCUT2D eigenvalue weighted by Crippen LogP contribution is 2.17. The molecule has 0 radical (unpaired) electrons. The van der Waals surface area contributed by atoms with Crippen LogP contribution in [0, 0.1) is 7.14 Å². The maximum Gasteiger partial charge on any atom is 0.408 e. The van der Waals surface area contributed by atoms with Crippen molar-refractivity contribution in [1.29, 1.82) is 0 Å². The van der Waals surface area contributed by atoms with Crippen molar-refractivity contribution in [2.75, 3.05) is 6.54 Å². The Bertz CT molecular complexity index is 843. The Morgan fingerprint density at radius 1 is 1.00 bits per heavy atom. The standard InChI is InChI=1S/C20H20I2N2O4/c1-13(25)11-23-19(26)18(10-15-7-8-16(21)17(22)9-15)24-20(27)28-12-14-5-3-2-4-6-14/h2-9,18H,10-12H2,1H3,(H,23,26)(H,24,27)/t18-/m0/s1. The van der Waals surface area contributed by atoms with Crippen LogP contribution >= 0.6 is 45.2 Å². The molecule has 0 aliphatic heterocycles. The molecule has 28 heavy (non-hydrogen) atoms. The molecule has 0 aliphatic rings. The molecular weight excluding hydrogens is 586 g/mol. The Morgan fingerprint density at radius 3 is 2.36 bits per heavy atom. The number of alkyl carbamates (subject to hydrolysis) is 1. The number of hydrogen-bond donors (Lipinski definition) is 2. The van der Waals surface area contributed by atoms with Crippen molar-refractivity contribution in [3.63, 3.8) is 0 Å². The normalized spacial score (nSPS) is 11.4. The summed E-state index contributed by atoms with van der Waals surface area (Å²) in [6, 6.07) is 14.3. The fraction of sp³-hybridized carbons (Fsp3) is 0.250. The number of benzene rings is 2. The molecule has 2 rings (SSSR count). The van der Waals surface area contributed by atoms with Crippen LogP contribution in [0.1, 0.15) is 18.1 Å². The zero-order valence-electron chi connectivity index (χ0n) is 15.2. The molecule has 0 unspecified atom stereocenters. The van der Waals surface area contributed by atoms with Crippen LogP contribution in [-0.4, -0.2) is 30.4 Å². The van der Waals surface area contributed by atoms with Gasteiger partial charge < -0.3 is 15.4 Å². The van der Waals surface area contributed by atoms with Crippen LogP contribution in [0.4, 0.5) is 4.79 Å². The molecule has 0 spiro atoms. The van der Waals surface area contributed by atoms with E-state index in [0.717, 1.165) is 18.3 Å². The van der Waals surface area contributed by atoms with Gasteiger partial charge in [-0.2, -0.15) is 0 Å². The molecule has 6 nitrogen and oxygen atoms in total. The lowest BCUT2D eigenvalue weighted by Gasteiger charge is -2.18. The molecule has 0 heterocycles. The molecule has 148 valence electrons. The highest BCUT2D eigenvalue weighted by molar-refractivity contribution is 14.1. The van der Waals surface area contributed by atoms with E-state index in [-0.39, 0.29) is 25.4 Å². The van der Waals surface area contributed by atoms with Crippen LogP contribution in [0.5, 0.6) is 0 Å². The number of carbonyl (C=O) groups is 3. The van der Waals surface area contributed by atoms with Crippen molar-refractivity contribution >= 4 is 63.0 Å². The maximum absolute atomic E-state index is 12.5. The number of rotatable bonds is 8. The molecule has 0 saturated carbocycles. The predicted molar refractivity (Wildman–Crippen MR) is 123 cm³/mol. The first-order valence-electron chi connectivity index (χ1n) is 8.53. The van der Waals surface area contributed by atoms with Gasteiger partial charge in [0.05, 0.1) is 6.54 Å². The van der Waals surface area contributed by atoms with Gasteiger partial charge in [0.25, 0.3) is 0 Å². The van der Waals surface area contributed by atoms with E-state index in [1.807, 2.05) is 48.5 Å². The van der Waals surface area contributed by atoms with Crippen molar-refractivity contribution in [2.24, 2.45) is 0 Å². The van der Waals surface area contributed by atoms with Gasteiger partial charge in [-0.1, -0.05) is 36.4 Å². The smallest absolute Gasteiger partial charge is 0.408 e. The van der Waals surface area contributed by atoms with Crippen molar-refractivity contribution in [3.8, 4) is 0 Å². The quantitative estimate of drug-likeness (QED) is 0.452. The number of ether oxygens (including phenoxy) is 1. The highest BCUT2D eigenvalue weighted by Gasteiger charge is 2.22. The second-order valence-corrected chi connectivity index (χ2v) is 8.46. The Hall–Kier alpha value is -1.69. The van der Waals surface area contributed by atoms with Crippen LogP contribution < -0.4 is 10.6 Å². The third kappa shape index (κ3) is 7.74. The van der Waals surface area contributed by atoms with Gasteiger partial charge in [0.15, 0.2) is 0 Å². The molecule has 2 N–H and O–H groups in total. The minimum Gasteiger partial charge on any atom is -0.445 e. The van der Waals surface area contributed by atoms with Crippen molar-refractivity contribution in [3.05, 3.63) is 66.8 Å². The molecule has 0 aromatic heterocycles. The lowest BCUT2D eigenvalue weighted by molar-refractivity contribution is -0.125. The first-order chi connectivity index (χ1) is 13.3. The average molecular weight is 606 g/mol. The number of nitrogens with one attached hydrogen (secondary N) is 2. The summed E-state index contributed by atoms with van der Waals surface area (Å²) in [6.45, 7) is 1.41. The minimum atomic E-state index is -0.849. The number of Topliss-reactive ketones (excluding diaryl/α,β-unsaturated/α-hetero) is 1. The van der Waals surface area contributed by atoms with Crippen LogP contribution in [0.2, 0.25) is 0 Å². The topological polar surface area (TPSA) is 84.5 Å².